The van der Waals surface area contributed by atoms with E-state index in [1.165, 1.54) is 12.1 Å². The number of benzene rings is 1. The van der Waals surface area contributed by atoms with Crippen molar-refractivity contribution in [2.24, 2.45) is 0 Å². The number of halogens is 3. The summed E-state index contributed by atoms with van der Waals surface area (Å²) >= 11 is 0. The first-order valence-electron chi connectivity index (χ1n) is 6.11. The van der Waals surface area contributed by atoms with Gasteiger partial charge in [0.2, 0.25) is 11.7 Å². The Balaban J connectivity index is 2.53. The molecule has 0 unspecified atom stereocenters. The second-order valence-corrected chi connectivity index (χ2v) is 4.77. The number of rotatable bonds is 3. The molecule has 4 nitrogen and oxygen atoms in total. The first-order chi connectivity index (χ1) is 9.70. The van der Waals surface area contributed by atoms with Gasteiger partial charge in [0.25, 0.3) is 0 Å². The number of carboxylic acids is 1. The number of nitrogens with zero attached hydrogens (tertiary/aromatic N) is 1. The number of hydrogen-bond donors (Lipinski definition) is 1. The van der Waals surface area contributed by atoms with Gasteiger partial charge in [-0.2, -0.15) is 13.2 Å². The summed E-state index contributed by atoms with van der Waals surface area (Å²) in [6.45, 7) is 3.44. The summed E-state index contributed by atoms with van der Waals surface area (Å²) in [6, 6.07) is 4.41. The average Bonchev–Trinajstić information content (AvgIpc) is 2.83. The molecule has 112 valence electrons. The van der Waals surface area contributed by atoms with Crippen molar-refractivity contribution >= 4 is 5.97 Å². The van der Waals surface area contributed by atoms with Crippen molar-refractivity contribution in [2.75, 3.05) is 0 Å². The van der Waals surface area contributed by atoms with Crippen LogP contribution in [0.1, 0.15) is 41.6 Å². The Morgan fingerprint density at radius 1 is 1.33 bits per heavy atom. The molecule has 2 aromatic rings. The highest BCUT2D eigenvalue weighted by atomic mass is 19.4. The van der Waals surface area contributed by atoms with Gasteiger partial charge in [-0.15, -0.1) is 0 Å². The standard InChI is InChI=1S/C14H12F3NO3/c1-7(2)10-11(13(19)20)21-12(18-10)8-4-3-5-9(6-8)14(15,16)17/h3-7H,1-2H3,(H,19,20). The van der Waals surface area contributed by atoms with Gasteiger partial charge < -0.3 is 9.52 Å². The molecule has 0 saturated carbocycles. The summed E-state index contributed by atoms with van der Waals surface area (Å²) in [5.74, 6) is -2.01. The van der Waals surface area contributed by atoms with Gasteiger partial charge in [0.05, 0.1) is 11.3 Å². The molecule has 0 aliphatic rings. The Labute approximate surface area is 118 Å². The van der Waals surface area contributed by atoms with Crippen LogP contribution in [0.4, 0.5) is 13.2 Å². The minimum atomic E-state index is -4.49. The first kappa shape index (κ1) is 15.1. The third-order valence-corrected chi connectivity index (χ3v) is 2.83. The molecule has 0 aliphatic carbocycles. The molecular weight excluding hydrogens is 287 g/mol. The smallest absolute Gasteiger partial charge is 0.416 e. The van der Waals surface area contributed by atoms with Crippen LogP contribution in [0.15, 0.2) is 28.7 Å². The van der Waals surface area contributed by atoms with Crippen LogP contribution in [-0.2, 0) is 6.18 Å². The fourth-order valence-corrected chi connectivity index (χ4v) is 1.83. The predicted octanol–water partition coefficient (Wildman–Crippen LogP) is 4.18. The Morgan fingerprint density at radius 3 is 2.48 bits per heavy atom. The Kier molecular flexibility index (Phi) is 3.76. The molecule has 0 aliphatic heterocycles. The third kappa shape index (κ3) is 3.07. The fraction of sp³-hybridized carbons (Fsp3) is 0.286. The fourth-order valence-electron chi connectivity index (χ4n) is 1.83. The second kappa shape index (κ2) is 5.23. The van der Waals surface area contributed by atoms with Crippen LogP contribution < -0.4 is 0 Å². The zero-order valence-corrected chi connectivity index (χ0v) is 11.2. The summed E-state index contributed by atoms with van der Waals surface area (Å²) in [5, 5.41) is 9.04. The van der Waals surface area contributed by atoms with Gasteiger partial charge in [0.1, 0.15) is 0 Å². The summed E-state index contributed by atoms with van der Waals surface area (Å²) in [7, 11) is 0. The lowest BCUT2D eigenvalue weighted by atomic mass is 10.1. The van der Waals surface area contributed by atoms with Crippen molar-refractivity contribution in [1.29, 1.82) is 0 Å². The monoisotopic (exact) mass is 299 g/mol. The van der Waals surface area contributed by atoms with Gasteiger partial charge in [0, 0.05) is 5.56 Å². The lowest BCUT2D eigenvalue weighted by molar-refractivity contribution is -0.137. The van der Waals surface area contributed by atoms with Crippen molar-refractivity contribution in [1.82, 2.24) is 4.98 Å². The van der Waals surface area contributed by atoms with Gasteiger partial charge in [-0.05, 0) is 24.1 Å². The van der Waals surface area contributed by atoms with Gasteiger partial charge in [-0.3, -0.25) is 0 Å². The van der Waals surface area contributed by atoms with Crippen LogP contribution in [0.3, 0.4) is 0 Å². The normalized spacial score (nSPS) is 11.9. The number of carboxylic acid groups (broad SMARTS) is 1. The zero-order chi connectivity index (χ0) is 15.8. The van der Waals surface area contributed by atoms with Crippen LogP contribution in [0.2, 0.25) is 0 Å². The highest BCUT2D eigenvalue weighted by molar-refractivity contribution is 5.86. The minimum Gasteiger partial charge on any atom is -0.475 e. The summed E-state index contributed by atoms with van der Waals surface area (Å²) in [6.07, 6.45) is -4.49. The molecule has 0 radical (unpaired) electrons. The van der Waals surface area contributed by atoms with E-state index < -0.39 is 17.7 Å². The van der Waals surface area contributed by atoms with E-state index in [1.807, 2.05) is 0 Å². The number of carbonyl (C=O) groups is 1. The lowest BCUT2D eigenvalue weighted by Gasteiger charge is -2.06. The maximum Gasteiger partial charge on any atom is 0.416 e. The number of alkyl halides is 3. The number of oxazole rings is 1. The average molecular weight is 299 g/mol. The van der Waals surface area contributed by atoms with Crippen molar-refractivity contribution in [3.8, 4) is 11.5 Å². The molecular formula is C14H12F3NO3. The van der Waals surface area contributed by atoms with E-state index >= 15 is 0 Å². The second-order valence-electron chi connectivity index (χ2n) is 4.77. The number of hydrogen-bond acceptors (Lipinski definition) is 3. The van der Waals surface area contributed by atoms with Crippen LogP contribution in [0.5, 0.6) is 0 Å². The molecule has 0 atom stereocenters. The molecule has 0 spiro atoms. The van der Waals surface area contributed by atoms with Crippen molar-refractivity contribution < 1.29 is 27.5 Å². The number of aromatic nitrogens is 1. The highest BCUT2D eigenvalue weighted by Crippen LogP contribution is 2.33. The molecule has 21 heavy (non-hydrogen) atoms. The van der Waals surface area contributed by atoms with Crippen molar-refractivity contribution in [2.45, 2.75) is 25.9 Å². The topological polar surface area (TPSA) is 63.3 Å². The molecule has 0 fully saturated rings. The maximum atomic E-state index is 12.7. The van der Waals surface area contributed by atoms with E-state index in [1.54, 1.807) is 13.8 Å². The molecule has 1 aromatic carbocycles. The highest BCUT2D eigenvalue weighted by Gasteiger charge is 2.31. The Bertz CT molecular complexity index is 674. The van der Waals surface area contributed by atoms with E-state index in [9.17, 15) is 18.0 Å². The van der Waals surface area contributed by atoms with Gasteiger partial charge in [-0.25, -0.2) is 9.78 Å². The molecule has 0 saturated heterocycles. The summed E-state index contributed by atoms with van der Waals surface area (Å²) < 4.78 is 43.2. The third-order valence-electron chi connectivity index (χ3n) is 2.83. The molecule has 2 rings (SSSR count). The van der Waals surface area contributed by atoms with Gasteiger partial charge in [0.15, 0.2) is 0 Å². The molecule has 1 heterocycles. The van der Waals surface area contributed by atoms with Crippen LogP contribution >= 0.6 is 0 Å². The quantitative estimate of drug-likeness (QED) is 0.923. The molecule has 7 heteroatoms. The van der Waals surface area contributed by atoms with Crippen LogP contribution in [-0.4, -0.2) is 16.1 Å². The Morgan fingerprint density at radius 2 is 2.00 bits per heavy atom. The molecule has 1 aromatic heterocycles. The van der Waals surface area contributed by atoms with Crippen LogP contribution in [0, 0.1) is 0 Å². The molecule has 1 N–H and O–H groups in total. The van der Waals surface area contributed by atoms with Gasteiger partial charge >= 0.3 is 12.1 Å². The summed E-state index contributed by atoms with van der Waals surface area (Å²) in [4.78, 5) is 15.1. The lowest BCUT2D eigenvalue weighted by Crippen LogP contribution is -2.04. The molecule has 0 amide bonds. The number of aromatic carboxylic acids is 1. The van der Waals surface area contributed by atoms with E-state index in [2.05, 4.69) is 4.98 Å². The minimum absolute atomic E-state index is 0.0826. The van der Waals surface area contributed by atoms with Crippen molar-refractivity contribution in [3.05, 3.63) is 41.3 Å². The van der Waals surface area contributed by atoms with E-state index in [0.29, 0.717) is 0 Å². The van der Waals surface area contributed by atoms with E-state index in [0.717, 1.165) is 12.1 Å². The summed E-state index contributed by atoms with van der Waals surface area (Å²) in [5.41, 5.74) is -0.560. The largest absolute Gasteiger partial charge is 0.475 e. The van der Waals surface area contributed by atoms with E-state index in [-0.39, 0.29) is 28.8 Å². The SMILES string of the molecule is CC(C)c1nc(-c2cccc(C(F)(F)F)c2)oc1C(=O)O. The first-order valence-corrected chi connectivity index (χ1v) is 6.11. The molecule has 0 bridgehead atoms. The predicted molar refractivity (Wildman–Crippen MR) is 68.0 cm³/mol. The zero-order valence-electron chi connectivity index (χ0n) is 11.2. The Hall–Kier alpha value is -2.31. The van der Waals surface area contributed by atoms with Gasteiger partial charge in [-0.1, -0.05) is 19.9 Å². The maximum absolute atomic E-state index is 12.7. The van der Waals surface area contributed by atoms with Crippen LogP contribution in [0.25, 0.3) is 11.5 Å². The van der Waals surface area contributed by atoms with Crippen molar-refractivity contribution in [3.63, 3.8) is 0 Å². The van der Waals surface area contributed by atoms with E-state index in [4.69, 9.17) is 9.52 Å².